The Hall–Kier alpha value is -2.21. The van der Waals surface area contributed by atoms with Crippen molar-refractivity contribution in [3.63, 3.8) is 0 Å². The zero-order valence-electron chi connectivity index (χ0n) is 14.5. The normalized spacial score (nSPS) is 16.4. The molecule has 2 heterocycles. The van der Waals surface area contributed by atoms with Crippen LogP contribution in [0.2, 0.25) is 0 Å². The molecule has 128 valence electrons. The Morgan fingerprint density at radius 2 is 1.92 bits per heavy atom. The first kappa shape index (κ1) is 16.6. The number of aromatic nitrogens is 3. The number of carbonyl (C=O) groups excluding carboxylic acids is 1. The minimum Gasteiger partial charge on any atom is -0.369 e. The number of hydrogen-bond acceptors (Lipinski definition) is 4. The van der Waals surface area contributed by atoms with Crippen molar-refractivity contribution in [3.05, 3.63) is 36.2 Å². The lowest BCUT2D eigenvalue weighted by molar-refractivity contribution is -0.152. The molecule has 3 rings (SSSR count). The number of nitrogens with zero attached hydrogens (tertiary/aromatic N) is 3. The van der Waals surface area contributed by atoms with Crippen molar-refractivity contribution in [3.8, 4) is 11.4 Å². The SMILES string of the molecule is COC(C)(C)C(=O)N1CCC(c2nc(-c3ccccc3)n[nH]2)CC1. The Bertz CT molecular complexity index is 688. The molecule has 0 saturated carbocycles. The zero-order chi connectivity index (χ0) is 17.2. The zero-order valence-corrected chi connectivity index (χ0v) is 14.5. The summed E-state index contributed by atoms with van der Waals surface area (Å²) in [6.45, 7) is 5.06. The van der Waals surface area contributed by atoms with Gasteiger partial charge >= 0.3 is 0 Å². The maximum Gasteiger partial charge on any atom is 0.254 e. The molecule has 1 aromatic heterocycles. The highest BCUT2D eigenvalue weighted by Gasteiger charge is 2.34. The number of amides is 1. The molecule has 6 nitrogen and oxygen atoms in total. The van der Waals surface area contributed by atoms with Crippen LogP contribution in [0.5, 0.6) is 0 Å². The monoisotopic (exact) mass is 328 g/mol. The number of H-pyrrole nitrogens is 1. The van der Waals surface area contributed by atoms with Crippen LogP contribution in [0.3, 0.4) is 0 Å². The molecule has 1 aromatic carbocycles. The number of rotatable bonds is 4. The lowest BCUT2D eigenvalue weighted by Crippen LogP contribution is -2.49. The topological polar surface area (TPSA) is 71.1 Å². The van der Waals surface area contributed by atoms with Crippen LogP contribution < -0.4 is 0 Å². The van der Waals surface area contributed by atoms with Crippen LogP contribution in [-0.4, -0.2) is 51.8 Å². The molecular formula is C18H24N4O2. The third kappa shape index (κ3) is 3.33. The van der Waals surface area contributed by atoms with Gasteiger partial charge in [-0.25, -0.2) is 4.98 Å². The van der Waals surface area contributed by atoms with Gasteiger partial charge in [-0.3, -0.25) is 9.89 Å². The third-order valence-electron chi connectivity index (χ3n) is 4.73. The summed E-state index contributed by atoms with van der Waals surface area (Å²) < 4.78 is 5.30. The first-order valence-electron chi connectivity index (χ1n) is 8.33. The molecule has 0 bridgehead atoms. The van der Waals surface area contributed by atoms with Crippen LogP contribution in [-0.2, 0) is 9.53 Å². The average molecular weight is 328 g/mol. The summed E-state index contributed by atoms with van der Waals surface area (Å²) in [5.74, 6) is 1.99. The molecule has 0 atom stereocenters. The summed E-state index contributed by atoms with van der Waals surface area (Å²) in [6, 6.07) is 9.94. The molecule has 1 N–H and O–H groups in total. The molecule has 2 aromatic rings. The fourth-order valence-electron chi connectivity index (χ4n) is 3.00. The van der Waals surface area contributed by atoms with Gasteiger partial charge in [-0.05, 0) is 26.7 Å². The summed E-state index contributed by atoms with van der Waals surface area (Å²) in [7, 11) is 1.57. The predicted molar refractivity (Wildman–Crippen MR) is 91.5 cm³/mol. The molecule has 1 aliphatic heterocycles. The van der Waals surface area contributed by atoms with Gasteiger partial charge < -0.3 is 9.64 Å². The van der Waals surface area contributed by atoms with Crippen molar-refractivity contribution >= 4 is 5.91 Å². The highest BCUT2D eigenvalue weighted by molar-refractivity contribution is 5.84. The van der Waals surface area contributed by atoms with E-state index in [1.165, 1.54) is 0 Å². The number of ether oxygens (including phenoxy) is 1. The molecule has 1 aliphatic rings. The minimum absolute atomic E-state index is 0.0472. The maximum atomic E-state index is 12.4. The summed E-state index contributed by atoms with van der Waals surface area (Å²) in [6.07, 6.45) is 1.77. The van der Waals surface area contributed by atoms with Gasteiger partial charge in [0.2, 0.25) is 0 Å². The van der Waals surface area contributed by atoms with Crippen LogP contribution in [0.4, 0.5) is 0 Å². The van der Waals surface area contributed by atoms with Crippen LogP contribution in [0, 0.1) is 0 Å². The van der Waals surface area contributed by atoms with Gasteiger partial charge in [0, 0.05) is 31.7 Å². The number of likely N-dealkylation sites (tertiary alicyclic amines) is 1. The van der Waals surface area contributed by atoms with Crippen LogP contribution in [0.15, 0.2) is 30.3 Å². The Morgan fingerprint density at radius 1 is 1.25 bits per heavy atom. The standard InChI is InChI=1S/C18H24N4O2/c1-18(2,24-3)17(23)22-11-9-14(10-12-22)16-19-15(20-21-16)13-7-5-4-6-8-13/h4-8,14H,9-12H2,1-3H3,(H,19,20,21). The van der Waals surface area contributed by atoms with Gasteiger partial charge in [0.25, 0.3) is 5.91 Å². The number of carbonyl (C=O) groups is 1. The van der Waals surface area contributed by atoms with E-state index in [0.29, 0.717) is 5.92 Å². The third-order valence-corrected chi connectivity index (χ3v) is 4.73. The highest BCUT2D eigenvalue weighted by Crippen LogP contribution is 2.28. The molecule has 0 unspecified atom stereocenters. The van der Waals surface area contributed by atoms with Crippen molar-refractivity contribution in [1.29, 1.82) is 0 Å². The summed E-state index contributed by atoms with van der Waals surface area (Å²) in [5, 5.41) is 7.40. The van der Waals surface area contributed by atoms with E-state index in [4.69, 9.17) is 4.74 Å². The van der Waals surface area contributed by atoms with E-state index in [-0.39, 0.29) is 5.91 Å². The van der Waals surface area contributed by atoms with Gasteiger partial charge in [-0.15, -0.1) is 0 Å². The van der Waals surface area contributed by atoms with E-state index in [2.05, 4.69) is 15.2 Å². The number of aromatic amines is 1. The molecule has 0 aliphatic carbocycles. The van der Waals surface area contributed by atoms with Gasteiger partial charge in [0.1, 0.15) is 11.4 Å². The second kappa shape index (κ2) is 6.73. The number of hydrogen-bond donors (Lipinski definition) is 1. The molecule has 24 heavy (non-hydrogen) atoms. The fourth-order valence-corrected chi connectivity index (χ4v) is 3.00. The lowest BCUT2D eigenvalue weighted by atomic mass is 9.94. The van der Waals surface area contributed by atoms with E-state index < -0.39 is 5.60 Å². The predicted octanol–water partition coefficient (Wildman–Crippen LogP) is 2.60. The molecular weight excluding hydrogens is 304 g/mol. The van der Waals surface area contributed by atoms with Gasteiger partial charge in [0.15, 0.2) is 5.82 Å². The van der Waals surface area contributed by atoms with E-state index in [9.17, 15) is 4.79 Å². The maximum absolute atomic E-state index is 12.4. The first-order valence-corrected chi connectivity index (χ1v) is 8.33. The van der Waals surface area contributed by atoms with Crippen LogP contribution in [0.25, 0.3) is 11.4 Å². The molecule has 1 saturated heterocycles. The molecule has 0 radical (unpaired) electrons. The summed E-state index contributed by atoms with van der Waals surface area (Å²) >= 11 is 0. The Morgan fingerprint density at radius 3 is 2.54 bits per heavy atom. The first-order chi connectivity index (χ1) is 11.5. The van der Waals surface area contributed by atoms with Crippen molar-refractivity contribution in [2.24, 2.45) is 0 Å². The smallest absolute Gasteiger partial charge is 0.254 e. The molecule has 1 amide bonds. The number of piperidine rings is 1. The number of methoxy groups -OCH3 is 1. The highest BCUT2D eigenvalue weighted by atomic mass is 16.5. The second-order valence-corrected chi connectivity index (χ2v) is 6.69. The molecule has 1 fully saturated rings. The van der Waals surface area contributed by atoms with Gasteiger partial charge in [0.05, 0.1) is 0 Å². The Labute approximate surface area is 142 Å². The largest absolute Gasteiger partial charge is 0.369 e. The van der Waals surface area contributed by atoms with Crippen LogP contribution >= 0.6 is 0 Å². The van der Waals surface area contributed by atoms with Crippen molar-refractivity contribution in [2.45, 2.75) is 38.2 Å². The number of benzene rings is 1. The van der Waals surface area contributed by atoms with Crippen molar-refractivity contribution in [1.82, 2.24) is 20.1 Å². The quantitative estimate of drug-likeness (QED) is 0.936. The Kier molecular flexibility index (Phi) is 4.66. The molecule has 0 spiro atoms. The lowest BCUT2D eigenvalue weighted by Gasteiger charge is -2.35. The van der Waals surface area contributed by atoms with Gasteiger partial charge in [-0.2, -0.15) is 5.10 Å². The van der Waals surface area contributed by atoms with E-state index >= 15 is 0 Å². The minimum atomic E-state index is -0.764. The van der Waals surface area contributed by atoms with E-state index in [1.54, 1.807) is 7.11 Å². The Balaban J connectivity index is 1.63. The number of nitrogens with one attached hydrogen (secondary N) is 1. The second-order valence-electron chi connectivity index (χ2n) is 6.69. The van der Waals surface area contributed by atoms with Crippen molar-refractivity contribution in [2.75, 3.05) is 20.2 Å². The van der Waals surface area contributed by atoms with Crippen LogP contribution in [0.1, 0.15) is 38.4 Å². The summed E-state index contributed by atoms with van der Waals surface area (Å²) in [5.41, 5.74) is 0.244. The fraction of sp³-hybridized carbons (Fsp3) is 0.500. The average Bonchev–Trinajstić information content (AvgIpc) is 3.12. The van der Waals surface area contributed by atoms with E-state index in [0.717, 1.165) is 43.1 Å². The summed E-state index contributed by atoms with van der Waals surface area (Å²) in [4.78, 5) is 19.0. The van der Waals surface area contributed by atoms with E-state index in [1.807, 2.05) is 49.1 Å². The van der Waals surface area contributed by atoms with Gasteiger partial charge in [-0.1, -0.05) is 30.3 Å². The molecule has 6 heteroatoms. The van der Waals surface area contributed by atoms with Crippen molar-refractivity contribution < 1.29 is 9.53 Å².